The minimum absolute atomic E-state index is 1.06. The molecule has 0 saturated carbocycles. The molecule has 3 heteroatoms. The van der Waals surface area contributed by atoms with Gasteiger partial charge in [0.15, 0.2) is 0 Å². The van der Waals surface area contributed by atoms with Crippen molar-refractivity contribution in [2.75, 3.05) is 11.5 Å². The molecule has 0 aromatic rings. The van der Waals surface area contributed by atoms with Crippen molar-refractivity contribution in [3.63, 3.8) is 0 Å². The van der Waals surface area contributed by atoms with E-state index in [4.69, 9.17) is 0 Å². The lowest BCUT2D eigenvalue weighted by Gasteiger charge is -2.03. The number of hydrogen-bond donors (Lipinski definition) is 2. The molecule has 0 bridgehead atoms. The van der Waals surface area contributed by atoms with Crippen LogP contribution in [0, 0.1) is 0 Å². The van der Waals surface area contributed by atoms with Crippen molar-refractivity contribution in [2.24, 2.45) is 0 Å². The van der Waals surface area contributed by atoms with Crippen LogP contribution in [0.25, 0.3) is 0 Å². The Labute approximate surface area is 136 Å². The Balaban J connectivity index is 2.88. The van der Waals surface area contributed by atoms with Gasteiger partial charge in [0.1, 0.15) is 0 Å². The highest BCUT2D eigenvalue weighted by molar-refractivity contribution is 8.68. The highest BCUT2D eigenvalue weighted by atomic mass is 33.1. The third-order valence-electron chi connectivity index (χ3n) is 3.64. The maximum Gasteiger partial charge on any atom is 0.00345 e. The molecule has 19 heavy (non-hydrogen) atoms. The smallest absolute Gasteiger partial charge is 0.00345 e. The topological polar surface area (TPSA) is 0 Å². The van der Waals surface area contributed by atoms with E-state index in [-0.39, 0.29) is 0 Å². The Hall–Kier alpha value is 1.05. The molecular weight excluding hydrogens is 288 g/mol. The molecule has 0 aliphatic rings. The Morgan fingerprint density at radius 2 is 0.789 bits per heavy atom. The van der Waals surface area contributed by atoms with Gasteiger partial charge in [-0.05, 0) is 18.6 Å². The van der Waals surface area contributed by atoms with E-state index in [0.717, 1.165) is 5.75 Å². The van der Waals surface area contributed by atoms with Gasteiger partial charge in [0.2, 0.25) is 0 Å². The number of thiol groups is 2. The van der Waals surface area contributed by atoms with Gasteiger partial charge in [-0.1, -0.05) is 87.8 Å². The first-order valence-corrected chi connectivity index (χ1v) is 11.0. The molecule has 0 spiro atoms. The average molecular weight is 323 g/mol. The van der Waals surface area contributed by atoms with Crippen LogP contribution in [0.3, 0.4) is 0 Å². The van der Waals surface area contributed by atoms with Crippen LogP contribution < -0.4 is 0 Å². The zero-order valence-corrected chi connectivity index (χ0v) is 15.2. The molecule has 0 unspecified atom stereocenters. The fourth-order valence-corrected chi connectivity index (χ4v) is 3.34. The summed E-state index contributed by atoms with van der Waals surface area (Å²) in [5.74, 6) is 2.28. The average Bonchev–Trinajstić information content (AvgIpc) is 2.43. The van der Waals surface area contributed by atoms with Gasteiger partial charge >= 0.3 is 0 Å². The summed E-state index contributed by atoms with van der Waals surface area (Å²) < 4.78 is 0. The minimum atomic E-state index is 1.06. The molecule has 0 N–H and O–H groups in total. The van der Waals surface area contributed by atoms with Crippen molar-refractivity contribution < 1.29 is 0 Å². The number of hydrogen-bond acceptors (Lipinski definition) is 3. The van der Waals surface area contributed by atoms with Crippen LogP contribution >= 0.6 is 35.1 Å². The van der Waals surface area contributed by atoms with Crippen molar-refractivity contribution in [1.29, 1.82) is 0 Å². The SMILES string of the molecule is SCCCCCCCCCCCCCCCCSS. The van der Waals surface area contributed by atoms with E-state index in [1.165, 1.54) is 95.6 Å². The van der Waals surface area contributed by atoms with Crippen LogP contribution in [0.15, 0.2) is 0 Å². The molecule has 0 heterocycles. The van der Waals surface area contributed by atoms with Crippen LogP contribution in [-0.4, -0.2) is 11.5 Å². The third-order valence-corrected chi connectivity index (χ3v) is 4.98. The van der Waals surface area contributed by atoms with Gasteiger partial charge in [0.25, 0.3) is 0 Å². The summed E-state index contributed by atoms with van der Waals surface area (Å²) in [4.78, 5) is 0. The molecule has 0 aromatic heterocycles. The van der Waals surface area contributed by atoms with Crippen molar-refractivity contribution in [3.05, 3.63) is 0 Å². The summed E-state index contributed by atoms with van der Waals surface area (Å²) in [6.45, 7) is 0. The summed E-state index contributed by atoms with van der Waals surface area (Å²) in [5, 5.41) is 0. The second-order valence-corrected chi connectivity index (χ2v) is 7.39. The Kier molecular flexibility index (Phi) is 20.1. The van der Waals surface area contributed by atoms with Crippen molar-refractivity contribution in [2.45, 2.75) is 89.9 Å². The zero-order valence-electron chi connectivity index (χ0n) is 12.6. The molecule has 0 saturated heterocycles. The second-order valence-electron chi connectivity index (χ2n) is 5.51. The molecule has 0 fully saturated rings. The largest absolute Gasteiger partial charge is 0.179 e. The first-order chi connectivity index (χ1) is 9.41. The normalized spacial score (nSPS) is 11.1. The third kappa shape index (κ3) is 19.0. The summed E-state index contributed by atoms with van der Waals surface area (Å²) in [5.41, 5.74) is 0. The van der Waals surface area contributed by atoms with E-state index in [1.807, 2.05) is 0 Å². The van der Waals surface area contributed by atoms with E-state index in [0.29, 0.717) is 0 Å². The van der Waals surface area contributed by atoms with Gasteiger partial charge in [0, 0.05) is 5.75 Å². The lowest BCUT2D eigenvalue weighted by Crippen LogP contribution is -1.84. The summed E-state index contributed by atoms with van der Waals surface area (Å²) in [6.07, 6.45) is 19.9. The van der Waals surface area contributed by atoms with Gasteiger partial charge in [-0.15, -0.1) is 11.7 Å². The summed E-state index contributed by atoms with van der Waals surface area (Å²) in [7, 11) is 1.68. The molecule has 0 radical (unpaired) electrons. The molecule has 0 nitrogen and oxygen atoms in total. The van der Waals surface area contributed by atoms with Gasteiger partial charge in [-0.25, -0.2) is 0 Å². The molecule has 0 aliphatic carbocycles. The molecule has 0 rings (SSSR count). The molecule has 0 atom stereocenters. The quantitative estimate of drug-likeness (QED) is 0.176. The van der Waals surface area contributed by atoms with Crippen LogP contribution in [0.4, 0.5) is 0 Å². The van der Waals surface area contributed by atoms with Gasteiger partial charge in [0.05, 0.1) is 0 Å². The van der Waals surface area contributed by atoms with Crippen LogP contribution in [0.1, 0.15) is 89.9 Å². The van der Waals surface area contributed by atoms with Crippen LogP contribution in [0.5, 0.6) is 0 Å². The van der Waals surface area contributed by atoms with E-state index < -0.39 is 0 Å². The molecule has 0 amide bonds. The highest BCUT2D eigenvalue weighted by Crippen LogP contribution is 2.14. The second kappa shape index (κ2) is 19.1. The number of unbranched alkanes of at least 4 members (excludes halogenated alkanes) is 13. The van der Waals surface area contributed by atoms with E-state index >= 15 is 0 Å². The van der Waals surface area contributed by atoms with Crippen molar-refractivity contribution in [3.8, 4) is 0 Å². The van der Waals surface area contributed by atoms with Crippen molar-refractivity contribution in [1.82, 2.24) is 0 Å². The highest BCUT2D eigenvalue weighted by Gasteiger charge is 1.94. The minimum Gasteiger partial charge on any atom is -0.179 e. The monoisotopic (exact) mass is 322 g/mol. The molecule has 0 aliphatic heterocycles. The van der Waals surface area contributed by atoms with Gasteiger partial charge < -0.3 is 0 Å². The van der Waals surface area contributed by atoms with E-state index in [9.17, 15) is 0 Å². The van der Waals surface area contributed by atoms with E-state index in [1.54, 1.807) is 10.8 Å². The Morgan fingerprint density at radius 3 is 1.11 bits per heavy atom. The Bertz CT molecular complexity index is 135. The van der Waals surface area contributed by atoms with E-state index in [2.05, 4.69) is 24.3 Å². The van der Waals surface area contributed by atoms with Crippen molar-refractivity contribution >= 4 is 35.1 Å². The van der Waals surface area contributed by atoms with Gasteiger partial charge in [-0.2, -0.15) is 12.6 Å². The first kappa shape index (κ1) is 20.1. The summed E-state index contributed by atoms with van der Waals surface area (Å²) in [6, 6.07) is 0. The van der Waals surface area contributed by atoms with Crippen LogP contribution in [0.2, 0.25) is 0 Å². The molecular formula is C16H34S3. The maximum absolute atomic E-state index is 4.24. The lowest BCUT2D eigenvalue weighted by molar-refractivity contribution is 0.539. The molecule has 0 aromatic carbocycles. The predicted molar refractivity (Wildman–Crippen MR) is 99.9 cm³/mol. The summed E-state index contributed by atoms with van der Waals surface area (Å²) >= 11 is 8.40. The Morgan fingerprint density at radius 1 is 0.474 bits per heavy atom. The maximum atomic E-state index is 4.24. The van der Waals surface area contributed by atoms with Gasteiger partial charge in [-0.3, -0.25) is 0 Å². The predicted octanol–water partition coefficient (Wildman–Crippen LogP) is 6.96. The number of rotatable bonds is 16. The molecule has 116 valence electrons. The standard InChI is InChI=1S/C16H34S3/c17-15-13-11-9-7-5-3-1-2-4-6-8-10-12-14-16-19-18/h17-18H,1-16H2. The van der Waals surface area contributed by atoms with Crippen LogP contribution in [-0.2, 0) is 0 Å². The fourth-order valence-electron chi connectivity index (χ4n) is 2.40. The lowest BCUT2D eigenvalue weighted by atomic mass is 10.0. The zero-order chi connectivity index (χ0) is 14.0. The first-order valence-electron chi connectivity index (χ1n) is 8.29. The fraction of sp³-hybridized carbons (Fsp3) is 1.00.